The summed E-state index contributed by atoms with van der Waals surface area (Å²) in [4.78, 5) is 21.6. The van der Waals surface area contributed by atoms with Gasteiger partial charge in [-0.15, -0.1) is 0 Å². The summed E-state index contributed by atoms with van der Waals surface area (Å²) in [6.45, 7) is 0.993. The zero-order valence-electron chi connectivity index (χ0n) is 15.7. The second kappa shape index (κ2) is 7.35. The van der Waals surface area contributed by atoms with Crippen LogP contribution in [0.5, 0.6) is 0 Å². The highest BCUT2D eigenvalue weighted by molar-refractivity contribution is 6.05. The fraction of sp³-hybridized carbons (Fsp3) is 0.182. The van der Waals surface area contributed by atoms with Crippen LogP contribution < -0.4 is 5.32 Å². The number of fused-ring (bicyclic) bond motifs is 1. The topological polar surface area (TPSA) is 85.8 Å². The van der Waals surface area contributed by atoms with Gasteiger partial charge in [0.05, 0.1) is 11.4 Å². The molecule has 29 heavy (non-hydrogen) atoms. The van der Waals surface area contributed by atoms with Crippen LogP contribution in [-0.4, -0.2) is 25.6 Å². The SMILES string of the molecule is O=C(Nc1ccccc1-c1cn2c(n1)CCCC2)c1cc(-c2cccnc2)on1. The minimum Gasteiger partial charge on any atom is -0.355 e. The molecule has 7 heteroatoms. The molecule has 1 aromatic carbocycles. The van der Waals surface area contributed by atoms with Gasteiger partial charge in [-0.2, -0.15) is 0 Å². The summed E-state index contributed by atoms with van der Waals surface area (Å²) < 4.78 is 7.52. The number of amides is 1. The van der Waals surface area contributed by atoms with Crippen LogP contribution in [0.4, 0.5) is 5.69 Å². The molecule has 0 bridgehead atoms. The van der Waals surface area contributed by atoms with Gasteiger partial charge < -0.3 is 14.4 Å². The van der Waals surface area contributed by atoms with Crippen molar-refractivity contribution in [3.05, 3.63) is 72.6 Å². The predicted octanol–water partition coefficient (Wildman–Crippen LogP) is 4.19. The van der Waals surface area contributed by atoms with Gasteiger partial charge in [0.15, 0.2) is 11.5 Å². The lowest BCUT2D eigenvalue weighted by Crippen LogP contribution is -2.12. The van der Waals surface area contributed by atoms with Gasteiger partial charge in [0.1, 0.15) is 5.82 Å². The number of carbonyl (C=O) groups is 1. The molecule has 1 amide bonds. The van der Waals surface area contributed by atoms with Crippen molar-refractivity contribution in [1.82, 2.24) is 19.7 Å². The highest BCUT2D eigenvalue weighted by Crippen LogP contribution is 2.29. The van der Waals surface area contributed by atoms with Crippen molar-refractivity contribution in [3.8, 4) is 22.6 Å². The van der Waals surface area contributed by atoms with Gasteiger partial charge in [0.2, 0.25) is 0 Å². The molecule has 4 heterocycles. The van der Waals surface area contributed by atoms with Gasteiger partial charge in [-0.25, -0.2) is 4.98 Å². The Morgan fingerprint density at radius 1 is 1.14 bits per heavy atom. The molecular formula is C22H19N5O2. The number of pyridine rings is 1. The van der Waals surface area contributed by atoms with Crippen LogP contribution in [0.1, 0.15) is 29.2 Å². The number of aromatic nitrogens is 4. The Labute approximate surface area is 167 Å². The Kier molecular flexibility index (Phi) is 4.40. The molecule has 144 valence electrons. The third-order valence-electron chi connectivity index (χ3n) is 5.05. The molecule has 1 aliphatic heterocycles. The van der Waals surface area contributed by atoms with Crippen LogP contribution in [0, 0.1) is 0 Å². The first-order valence-corrected chi connectivity index (χ1v) is 9.62. The first-order chi connectivity index (χ1) is 14.3. The molecule has 1 aliphatic rings. The maximum absolute atomic E-state index is 12.8. The Balaban J connectivity index is 1.41. The van der Waals surface area contributed by atoms with Gasteiger partial charge in [0.25, 0.3) is 5.91 Å². The molecule has 0 saturated heterocycles. The average molecular weight is 385 g/mol. The highest BCUT2D eigenvalue weighted by atomic mass is 16.5. The Bertz CT molecular complexity index is 1140. The summed E-state index contributed by atoms with van der Waals surface area (Å²) in [5, 5.41) is 6.85. The van der Waals surface area contributed by atoms with Crippen molar-refractivity contribution < 1.29 is 9.32 Å². The van der Waals surface area contributed by atoms with Gasteiger partial charge >= 0.3 is 0 Å². The number of nitrogens with one attached hydrogen (secondary N) is 1. The van der Waals surface area contributed by atoms with Gasteiger partial charge in [-0.3, -0.25) is 9.78 Å². The number of anilines is 1. The van der Waals surface area contributed by atoms with Crippen LogP contribution in [0.3, 0.4) is 0 Å². The lowest BCUT2D eigenvalue weighted by molar-refractivity contribution is 0.101. The molecular weight excluding hydrogens is 366 g/mol. The number of para-hydroxylation sites is 1. The van der Waals surface area contributed by atoms with E-state index in [0.717, 1.165) is 35.6 Å². The summed E-state index contributed by atoms with van der Waals surface area (Å²) in [6, 6.07) is 12.9. The van der Waals surface area contributed by atoms with Gasteiger partial charge in [-0.05, 0) is 31.0 Å². The number of carbonyl (C=O) groups excluding carboxylic acids is 1. The van der Waals surface area contributed by atoms with Crippen molar-refractivity contribution in [1.29, 1.82) is 0 Å². The molecule has 4 aromatic rings. The van der Waals surface area contributed by atoms with Crippen molar-refractivity contribution in [2.45, 2.75) is 25.8 Å². The van der Waals surface area contributed by atoms with Crippen molar-refractivity contribution >= 4 is 11.6 Å². The van der Waals surface area contributed by atoms with Crippen LogP contribution >= 0.6 is 0 Å². The summed E-state index contributed by atoms with van der Waals surface area (Å²) in [6.07, 6.45) is 8.74. The van der Waals surface area contributed by atoms with Gasteiger partial charge in [-0.1, -0.05) is 23.4 Å². The number of imidazole rings is 1. The van der Waals surface area contributed by atoms with E-state index < -0.39 is 0 Å². The molecule has 0 unspecified atom stereocenters. The van der Waals surface area contributed by atoms with E-state index in [0.29, 0.717) is 11.4 Å². The third-order valence-corrected chi connectivity index (χ3v) is 5.05. The second-order valence-electron chi connectivity index (χ2n) is 7.01. The maximum atomic E-state index is 12.8. The number of nitrogens with zero attached hydrogens (tertiary/aromatic N) is 4. The molecule has 0 saturated carbocycles. The number of hydrogen-bond donors (Lipinski definition) is 1. The Morgan fingerprint density at radius 2 is 2.07 bits per heavy atom. The zero-order chi connectivity index (χ0) is 19.6. The van der Waals surface area contributed by atoms with Gasteiger partial charge in [0, 0.05) is 48.7 Å². The summed E-state index contributed by atoms with van der Waals surface area (Å²) in [5.41, 5.74) is 3.43. The molecule has 0 fully saturated rings. The Morgan fingerprint density at radius 3 is 2.93 bits per heavy atom. The molecule has 5 rings (SSSR count). The van der Waals surface area contributed by atoms with E-state index in [9.17, 15) is 4.79 Å². The number of rotatable bonds is 4. The van der Waals surface area contributed by atoms with Crippen molar-refractivity contribution in [2.24, 2.45) is 0 Å². The predicted molar refractivity (Wildman–Crippen MR) is 108 cm³/mol. The minimum atomic E-state index is -0.333. The average Bonchev–Trinajstić information content (AvgIpc) is 3.42. The van der Waals surface area contributed by atoms with Crippen molar-refractivity contribution in [3.63, 3.8) is 0 Å². The summed E-state index contributed by atoms with van der Waals surface area (Å²) >= 11 is 0. The first-order valence-electron chi connectivity index (χ1n) is 9.62. The number of benzene rings is 1. The lowest BCUT2D eigenvalue weighted by Gasteiger charge is -2.11. The van der Waals surface area contributed by atoms with E-state index in [4.69, 9.17) is 9.51 Å². The van der Waals surface area contributed by atoms with E-state index >= 15 is 0 Å². The monoisotopic (exact) mass is 385 g/mol. The van der Waals surface area contributed by atoms with E-state index in [1.54, 1.807) is 24.5 Å². The fourth-order valence-electron chi connectivity index (χ4n) is 3.57. The second-order valence-corrected chi connectivity index (χ2v) is 7.01. The number of aryl methyl sites for hydroxylation is 2. The maximum Gasteiger partial charge on any atom is 0.277 e. The third kappa shape index (κ3) is 3.42. The zero-order valence-corrected chi connectivity index (χ0v) is 15.7. The van der Waals surface area contributed by atoms with Crippen LogP contribution in [0.15, 0.2) is 65.6 Å². The largest absolute Gasteiger partial charge is 0.355 e. The molecule has 3 aromatic heterocycles. The molecule has 7 nitrogen and oxygen atoms in total. The number of hydrogen-bond acceptors (Lipinski definition) is 5. The van der Waals surface area contributed by atoms with Crippen LogP contribution in [-0.2, 0) is 13.0 Å². The minimum absolute atomic E-state index is 0.211. The molecule has 0 atom stereocenters. The van der Waals surface area contributed by atoms with E-state index in [1.807, 2.05) is 30.3 Å². The molecule has 0 radical (unpaired) electrons. The molecule has 0 aliphatic carbocycles. The normalized spacial score (nSPS) is 13.1. The molecule has 1 N–H and O–H groups in total. The lowest BCUT2D eigenvalue weighted by atomic mass is 10.1. The molecule has 0 spiro atoms. The smallest absolute Gasteiger partial charge is 0.277 e. The highest BCUT2D eigenvalue weighted by Gasteiger charge is 2.18. The summed E-state index contributed by atoms with van der Waals surface area (Å²) in [7, 11) is 0. The van der Waals surface area contributed by atoms with Crippen LogP contribution in [0.25, 0.3) is 22.6 Å². The fourth-order valence-corrected chi connectivity index (χ4v) is 3.57. The van der Waals surface area contributed by atoms with E-state index in [2.05, 4.69) is 26.2 Å². The summed E-state index contributed by atoms with van der Waals surface area (Å²) in [5.74, 6) is 1.27. The first kappa shape index (κ1) is 17.4. The van der Waals surface area contributed by atoms with E-state index in [-0.39, 0.29) is 11.6 Å². The van der Waals surface area contributed by atoms with Crippen LogP contribution in [0.2, 0.25) is 0 Å². The Hall–Kier alpha value is -3.74. The van der Waals surface area contributed by atoms with E-state index in [1.165, 1.54) is 12.8 Å². The van der Waals surface area contributed by atoms with Crippen molar-refractivity contribution in [2.75, 3.05) is 5.32 Å². The standard InChI is InChI=1S/C22H19N5O2/c28-22(18-12-20(29-26-18)15-6-5-10-23-13-15)25-17-8-2-1-7-16(17)19-14-27-11-4-3-9-21(27)24-19/h1-2,5-8,10,12-14H,3-4,9,11H2,(H,25,28). The quantitative estimate of drug-likeness (QED) is 0.569.